The molecule has 0 aliphatic rings. The summed E-state index contributed by atoms with van der Waals surface area (Å²) in [6, 6.07) is 8.32. The molecule has 0 aliphatic heterocycles. The van der Waals surface area contributed by atoms with Gasteiger partial charge in [0.2, 0.25) is 0 Å². The molecule has 0 spiro atoms. The van der Waals surface area contributed by atoms with Gasteiger partial charge in [-0.3, -0.25) is 4.72 Å². The molecule has 2 aromatic rings. The summed E-state index contributed by atoms with van der Waals surface area (Å²) in [5.41, 5.74) is 5.85. The second-order valence-corrected chi connectivity index (χ2v) is 7.34. The summed E-state index contributed by atoms with van der Waals surface area (Å²) in [5, 5.41) is 0. The Bertz CT molecular complexity index is 766. The van der Waals surface area contributed by atoms with Crippen molar-refractivity contribution in [1.82, 2.24) is 0 Å². The lowest BCUT2D eigenvalue weighted by Crippen LogP contribution is -2.14. The summed E-state index contributed by atoms with van der Waals surface area (Å²) in [7, 11) is -3.90. The molecule has 3 N–H and O–H groups in total. The fraction of sp³-hybridized carbons (Fsp3) is 0. The smallest absolute Gasteiger partial charge is 0.263 e. The predicted octanol–water partition coefficient (Wildman–Crippen LogP) is 3.73. The van der Waals surface area contributed by atoms with Gasteiger partial charge in [0.1, 0.15) is 10.7 Å². The van der Waals surface area contributed by atoms with Crippen molar-refractivity contribution in [3.05, 3.63) is 51.2 Å². The second-order valence-electron chi connectivity index (χ2n) is 3.92. The molecule has 0 amide bonds. The number of benzene rings is 2. The van der Waals surface area contributed by atoms with Crippen molar-refractivity contribution in [2.24, 2.45) is 0 Å². The number of halogens is 3. The van der Waals surface area contributed by atoms with Crippen molar-refractivity contribution in [3.63, 3.8) is 0 Å². The number of hydrogen-bond acceptors (Lipinski definition) is 3. The average Bonchev–Trinajstić information content (AvgIpc) is 2.32. The van der Waals surface area contributed by atoms with Crippen LogP contribution in [0.5, 0.6) is 0 Å². The first-order valence-corrected chi connectivity index (χ1v) is 8.39. The van der Waals surface area contributed by atoms with Crippen molar-refractivity contribution in [2.45, 2.75) is 4.90 Å². The molecule has 0 bridgehead atoms. The fourth-order valence-electron chi connectivity index (χ4n) is 1.51. The highest BCUT2D eigenvalue weighted by atomic mass is 79.9. The monoisotopic (exact) mass is 422 g/mol. The second kappa shape index (κ2) is 5.71. The standard InChI is InChI=1S/C12H9Br2FN2O2S/c13-7-1-3-11(10(15)5-7)17-20(18,19)12-4-2-8(16)6-9(12)14/h1-6,17H,16H2. The molecule has 2 aromatic carbocycles. The SMILES string of the molecule is Nc1ccc(S(=O)(=O)Nc2ccc(Br)cc2F)c(Br)c1. The highest BCUT2D eigenvalue weighted by Crippen LogP contribution is 2.27. The first kappa shape index (κ1) is 15.3. The summed E-state index contributed by atoms with van der Waals surface area (Å²) in [5.74, 6) is -0.672. The van der Waals surface area contributed by atoms with Gasteiger partial charge in [0.15, 0.2) is 0 Å². The molecule has 8 heteroatoms. The van der Waals surface area contributed by atoms with E-state index >= 15 is 0 Å². The van der Waals surface area contributed by atoms with Gasteiger partial charge in [-0.2, -0.15) is 0 Å². The Morgan fingerprint density at radius 1 is 1.10 bits per heavy atom. The van der Waals surface area contributed by atoms with E-state index in [1.165, 1.54) is 30.3 Å². The Kier molecular flexibility index (Phi) is 4.36. The number of nitrogen functional groups attached to an aromatic ring is 1. The largest absolute Gasteiger partial charge is 0.399 e. The van der Waals surface area contributed by atoms with Gasteiger partial charge in [0, 0.05) is 14.6 Å². The van der Waals surface area contributed by atoms with Crippen LogP contribution in [0.25, 0.3) is 0 Å². The number of sulfonamides is 1. The van der Waals surface area contributed by atoms with Crippen LogP contribution in [0.15, 0.2) is 50.2 Å². The summed E-state index contributed by atoms with van der Waals surface area (Å²) < 4.78 is 41.1. The van der Waals surface area contributed by atoms with Crippen molar-refractivity contribution in [1.29, 1.82) is 0 Å². The number of anilines is 2. The Balaban J connectivity index is 2.41. The van der Waals surface area contributed by atoms with E-state index in [1.54, 1.807) is 6.07 Å². The van der Waals surface area contributed by atoms with Crippen LogP contribution in [0.3, 0.4) is 0 Å². The minimum atomic E-state index is -3.90. The summed E-state index contributed by atoms with van der Waals surface area (Å²) in [6.45, 7) is 0. The van der Waals surface area contributed by atoms with E-state index in [1.807, 2.05) is 0 Å². The molecule has 106 valence electrons. The molecule has 2 rings (SSSR count). The summed E-state index contributed by atoms with van der Waals surface area (Å²) >= 11 is 6.23. The van der Waals surface area contributed by atoms with Gasteiger partial charge >= 0.3 is 0 Å². The molecule has 0 saturated heterocycles. The molecular formula is C12H9Br2FN2O2S. The maximum absolute atomic E-state index is 13.7. The van der Waals surface area contributed by atoms with Crippen LogP contribution in [-0.2, 0) is 10.0 Å². The Labute approximate surface area is 132 Å². The van der Waals surface area contributed by atoms with Crippen LogP contribution in [0, 0.1) is 5.82 Å². The Morgan fingerprint density at radius 3 is 2.40 bits per heavy atom. The number of nitrogens with one attached hydrogen (secondary N) is 1. The van der Waals surface area contributed by atoms with Crippen LogP contribution >= 0.6 is 31.9 Å². The van der Waals surface area contributed by atoms with E-state index in [-0.39, 0.29) is 10.6 Å². The van der Waals surface area contributed by atoms with Crippen LogP contribution < -0.4 is 10.5 Å². The molecule has 0 aliphatic carbocycles. The average molecular weight is 424 g/mol. The van der Waals surface area contributed by atoms with Gasteiger partial charge in [-0.05, 0) is 52.3 Å². The topological polar surface area (TPSA) is 72.2 Å². The minimum Gasteiger partial charge on any atom is -0.399 e. The lowest BCUT2D eigenvalue weighted by atomic mass is 10.3. The number of rotatable bonds is 3. The van der Waals surface area contributed by atoms with Crippen LogP contribution in [-0.4, -0.2) is 8.42 Å². The first-order valence-electron chi connectivity index (χ1n) is 5.32. The molecule has 0 aromatic heterocycles. The van der Waals surface area contributed by atoms with Gasteiger partial charge in [0.25, 0.3) is 10.0 Å². The lowest BCUT2D eigenvalue weighted by Gasteiger charge is -2.11. The third-order valence-corrected chi connectivity index (χ3v) is 5.26. The van der Waals surface area contributed by atoms with Crippen molar-refractivity contribution < 1.29 is 12.8 Å². The van der Waals surface area contributed by atoms with Crippen LogP contribution in [0.1, 0.15) is 0 Å². The highest BCUT2D eigenvalue weighted by molar-refractivity contribution is 9.10. The normalized spacial score (nSPS) is 11.3. The quantitative estimate of drug-likeness (QED) is 0.738. The van der Waals surface area contributed by atoms with E-state index in [4.69, 9.17) is 5.73 Å². The molecule has 0 radical (unpaired) electrons. The van der Waals surface area contributed by atoms with E-state index < -0.39 is 15.8 Å². The molecule has 0 unspecified atom stereocenters. The maximum Gasteiger partial charge on any atom is 0.263 e. The van der Waals surface area contributed by atoms with E-state index in [0.717, 1.165) is 0 Å². The van der Waals surface area contributed by atoms with Gasteiger partial charge in [0.05, 0.1) is 5.69 Å². The fourth-order valence-corrected chi connectivity index (χ4v) is 4.00. The zero-order chi connectivity index (χ0) is 14.9. The van der Waals surface area contributed by atoms with Crippen molar-refractivity contribution >= 4 is 53.3 Å². The Morgan fingerprint density at radius 2 is 1.80 bits per heavy atom. The van der Waals surface area contributed by atoms with Gasteiger partial charge in [-0.25, -0.2) is 12.8 Å². The minimum absolute atomic E-state index is 0.0194. The highest BCUT2D eigenvalue weighted by Gasteiger charge is 2.19. The van der Waals surface area contributed by atoms with Crippen molar-refractivity contribution in [2.75, 3.05) is 10.5 Å². The van der Waals surface area contributed by atoms with E-state index in [2.05, 4.69) is 36.6 Å². The molecule has 0 heterocycles. The van der Waals surface area contributed by atoms with Gasteiger partial charge in [-0.1, -0.05) is 15.9 Å². The van der Waals surface area contributed by atoms with Crippen LogP contribution in [0.2, 0.25) is 0 Å². The zero-order valence-corrected chi connectivity index (χ0v) is 13.9. The molecule has 0 fully saturated rings. The van der Waals surface area contributed by atoms with E-state index in [0.29, 0.717) is 14.6 Å². The summed E-state index contributed by atoms with van der Waals surface area (Å²) in [6.07, 6.45) is 0. The number of nitrogens with two attached hydrogens (primary N) is 1. The molecular weight excluding hydrogens is 415 g/mol. The maximum atomic E-state index is 13.7. The van der Waals surface area contributed by atoms with Crippen LogP contribution in [0.4, 0.5) is 15.8 Å². The zero-order valence-electron chi connectivity index (χ0n) is 9.90. The number of hydrogen-bond donors (Lipinski definition) is 2. The van der Waals surface area contributed by atoms with E-state index in [9.17, 15) is 12.8 Å². The lowest BCUT2D eigenvalue weighted by molar-refractivity contribution is 0.598. The molecule has 4 nitrogen and oxygen atoms in total. The third kappa shape index (κ3) is 3.31. The Hall–Kier alpha value is -1.12. The third-order valence-electron chi connectivity index (χ3n) is 2.42. The van der Waals surface area contributed by atoms with Gasteiger partial charge < -0.3 is 5.73 Å². The first-order chi connectivity index (χ1) is 9.29. The molecule has 0 atom stereocenters. The summed E-state index contributed by atoms with van der Waals surface area (Å²) in [4.78, 5) is -0.0194. The molecule has 0 saturated carbocycles. The van der Waals surface area contributed by atoms with Gasteiger partial charge in [-0.15, -0.1) is 0 Å². The van der Waals surface area contributed by atoms with Crippen molar-refractivity contribution in [3.8, 4) is 0 Å². The predicted molar refractivity (Wildman–Crippen MR) is 83.5 cm³/mol. The molecule has 20 heavy (non-hydrogen) atoms.